The standard InChI is InChI=1S/C16H15NO5S/c1-22-13-8-5-9-14-16(13)12(10-15(18)19)17(23(14,20)21)11-6-3-2-4-7-11/h2-9,12H,10H2,1H3,(H,18,19). The summed E-state index contributed by atoms with van der Waals surface area (Å²) >= 11 is 0. The minimum atomic E-state index is -3.84. The maximum absolute atomic E-state index is 12.9. The van der Waals surface area contributed by atoms with Gasteiger partial charge in [0.15, 0.2) is 0 Å². The predicted molar refractivity (Wildman–Crippen MR) is 84.1 cm³/mol. The quantitative estimate of drug-likeness (QED) is 0.929. The van der Waals surface area contributed by atoms with Crippen LogP contribution in [0.1, 0.15) is 18.0 Å². The molecule has 1 unspecified atom stereocenters. The van der Waals surface area contributed by atoms with Crippen LogP contribution in [-0.4, -0.2) is 26.6 Å². The van der Waals surface area contributed by atoms with Crippen molar-refractivity contribution in [3.63, 3.8) is 0 Å². The van der Waals surface area contributed by atoms with Crippen molar-refractivity contribution in [1.29, 1.82) is 0 Å². The van der Waals surface area contributed by atoms with Gasteiger partial charge in [0.05, 0.1) is 30.2 Å². The molecule has 0 amide bonds. The van der Waals surface area contributed by atoms with E-state index < -0.39 is 22.0 Å². The number of para-hydroxylation sites is 1. The molecule has 1 heterocycles. The summed E-state index contributed by atoms with van der Waals surface area (Å²) in [6, 6.07) is 12.3. The van der Waals surface area contributed by atoms with Crippen LogP contribution >= 0.6 is 0 Å². The van der Waals surface area contributed by atoms with Crippen LogP contribution in [0.5, 0.6) is 5.75 Å². The monoisotopic (exact) mass is 333 g/mol. The normalized spacial score (nSPS) is 18.5. The van der Waals surface area contributed by atoms with Crippen LogP contribution in [0, 0.1) is 0 Å². The number of nitrogens with zero attached hydrogens (tertiary/aromatic N) is 1. The first-order valence-corrected chi connectivity index (χ1v) is 8.39. The van der Waals surface area contributed by atoms with Crippen LogP contribution < -0.4 is 9.04 Å². The van der Waals surface area contributed by atoms with Crippen molar-refractivity contribution in [3.8, 4) is 5.75 Å². The molecule has 0 saturated heterocycles. The molecule has 1 N–H and O–H groups in total. The molecule has 0 fully saturated rings. The topological polar surface area (TPSA) is 83.9 Å². The molecule has 0 radical (unpaired) electrons. The first-order valence-electron chi connectivity index (χ1n) is 6.95. The third-order valence-electron chi connectivity index (χ3n) is 3.78. The van der Waals surface area contributed by atoms with Crippen molar-refractivity contribution >= 4 is 21.7 Å². The number of carboxylic acids is 1. The SMILES string of the molecule is COc1cccc2c1C(CC(=O)O)N(c1ccccc1)S2(=O)=O. The molecule has 6 nitrogen and oxygen atoms in total. The lowest BCUT2D eigenvalue weighted by Gasteiger charge is -2.25. The van der Waals surface area contributed by atoms with E-state index in [2.05, 4.69) is 0 Å². The highest BCUT2D eigenvalue weighted by molar-refractivity contribution is 7.93. The van der Waals surface area contributed by atoms with Crippen molar-refractivity contribution < 1.29 is 23.1 Å². The first-order chi connectivity index (χ1) is 11.0. The van der Waals surface area contributed by atoms with Crippen LogP contribution in [-0.2, 0) is 14.8 Å². The van der Waals surface area contributed by atoms with Gasteiger partial charge in [-0.15, -0.1) is 0 Å². The molecule has 7 heteroatoms. The highest BCUT2D eigenvalue weighted by atomic mass is 32.2. The second-order valence-electron chi connectivity index (χ2n) is 5.12. The Labute approximate surface area is 134 Å². The lowest BCUT2D eigenvalue weighted by molar-refractivity contribution is -0.137. The maximum Gasteiger partial charge on any atom is 0.305 e. The molecule has 2 aromatic carbocycles. The number of ether oxygens (including phenoxy) is 1. The fraction of sp³-hybridized carbons (Fsp3) is 0.188. The largest absolute Gasteiger partial charge is 0.496 e. The second-order valence-corrected chi connectivity index (χ2v) is 6.91. The van der Waals surface area contributed by atoms with Crippen LogP contribution in [0.2, 0.25) is 0 Å². The van der Waals surface area contributed by atoms with E-state index in [1.807, 2.05) is 0 Å². The maximum atomic E-state index is 12.9. The van der Waals surface area contributed by atoms with E-state index in [0.717, 1.165) is 4.31 Å². The molecule has 1 aliphatic heterocycles. The van der Waals surface area contributed by atoms with Crippen LogP contribution in [0.4, 0.5) is 5.69 Å². The lowest BCUT2D eigenvalue weighted by atomic mass is 10.0. The molecule has 0 bridgehead atoms. The van der Waals surface area contributed by atoms with Gasteiger partial charge in [-0.25, -0.2) is 8.42 Å². The van der Waals surface area contributed by atoms with Crippen LogP contribution in [0.3, 0.4) is 0 Å². The van der Waals surface area contributed by atoms with Gasteiger partial charge in [-0.2, -0.15) is 0 Å². The lowest BCUT2D eigenvalue weighted by Crippen LogP contribution is -2.29. The molecule has 1 aliphatic rings. The van der Waals surface area contributed by atoms with Gasteiger partial charge in [0.25, 0.3) is 10.0 Å². The summed E-state index contributed by atoms with van der Waals surface area (Å²) in [5, 5.41) is 9.24. The van der Waals surface area contributed by atoms with Crippen molar-refractivity contribution in [3.05, 3.63) is 54.1 Å². The fourth-order valence-electron chi connectivity index (χ4n) is 2.89. The van der Waals surface area contributed by atoms with Gasteiger partial charge in [0, 0.05) is 5.56 Å². The number of carbonyl (C=O) groups is 1. The first kappa shape index (κ1) is 15.4. The average Bonchev–Trinajstić information content (AvgIpc) is 2.75. The summed E-state index contributed by atoms with van der Waals surface area (Å²) < 4.78 is 32.3. The van der Waals surface area contributed by atoms with E-state index in [4.69, 9.17) is 4.74 Å². The van der Waals surface area contributed by atoms with E-state index in [0.29, 0.717) is 17.0 Å². The third kappa shape index (κ3) is 2.43. The van der Waals surface area contributed by atoms with E-state index in [1.165, 1.54) is 13.2 Å². The Morgan fingerprint density at radius 3 is 2.48 bits per heavy atom. The number of methoxy groups -OCH3 is 1. The summed E-state index contributed by atoms with van der Waals surface area (Å²) in [7, 11) is -2.40. The Morgan fingerprint density at radius 1 is 1.17 bits per heavy atom. The zero-order valence-corrected chi connectivity index (χ0v) is 13.2. The van der Waals surface area contributed by atoms with Gasteiger partial charge in [-0.05, 0) is 24.3 Å². The van der Waals surface area contributed by atoms with Gasteiger partial charge < -0.3 is 9.84 Å². The summed E-state index contributed by atoms with van der Waals surface area (Å²) in [5.74, 6) is -0.708. The van der Waals surface area contributed by atoms with Gasteiger partial charge in [0.2, 0.25) is 0 Å². The number of hydrogen-bond acceptors (Lipinski definition) is 4. The zero-order chi connectivity index (χ0) is 16.6. The number of rotatable bonds is 4. The summed E-state index contributed by atoms with van der Waals surface area (Å²) in [6.45, 7) is 0. The minimum Gasteiger partial charge on any atom is -0.496 e. The molecule has 1 atom stereocenters. The second kappa shape index (κ2) is 5.58. The molecule has 0 saturated carbocycles. The highest BCUT2D eigenvalue weighted by Crippen LogP contribution is 2.47. The molecular weight excluding hydrogens is 318 g/mol. The van der Waals surface area contributed by atoms with Gasteiger partial charge >= 0.3 is 5.97 Å². The average molecular weight is 333 g/mol. The zero-order valence-electron chi connectivity index (χ0n) is 12.3. The number of benzene rings is 2. The summed E-state index contributed by atoms with van der Waals surface area (Å²) in [6.07, 6.45) is -0.346. The van der Waals surface area contributed by atoms with Crippen LogP contribution in [0.25, 0.3) is 0 Å². The number of sulfonamides is 1. The molecular formula is C16H15NO5S. The molecule has 23 heavy (non-hydrogen) atoms. The van der Waals surface area contributed by atoms with Gasteiger partial charge in [-0.1, -0.05) is 24.3 Å². The molecule has 0 spiro atoms. The van der Waals surface area contributed by atoms with Gasteiger partial charge in [0.1, 0.15) is 5.75 Å². The molecule has 2 aromatic rings. The van der Waals surface area contributed by atoms with Crippen molar-refractivity contribution in [2.24, 2.45) is 0 Å². The molecule has 120 valence electrons. The summed E-state index contributed by atoms with van der Waals surface area (Å²) in [4.78, 5) is 11.4. The number of fused-ring (bicyclic) bond motifs is 1. The number of anilines is 1. The highest BCUT2D eigenvalue weighted by Gasteiger charge is 2.45. The third-order valence-corrected chi connectivity index (χ3v) is 5.67. The Morgan fingerprint density at radius 2 is 1.87 bits per heavy atom. The number of aliphatic carboxylic acids is 1. The Kier molecular flexibility index (Phi) is 3.73. The Hall–Kier alpha value is -2.54. The van der Waals surface area contributed by atoms with Crippen molar-refractivity contribution in [2.45, 2.75) is 17.4 Å². The van der Waals surface area contributed by atoms with Gasteiger partial charge in [-0.3, -0.25) is 9.10 Å². The van der Waals surface area contributed by atoms with E-state index in [9.17, 15) is 18.3 Å². The minimum absolute atomic E-state index is 0.0898. The smallest absolute Gasteiger partial charge is 0.305 e. The fourth-order valence-corrected chi connectivity index (χ4v) is 4.78. The Bertz CT molecular complexity index is 848. The van der Waals surface area contributed by atoms with Crippen LogP contribution in [0.15, 0.2) is 53.4 Å². The molecule has 0 aromatic heterocycles. The van der Waals surface area contributed by atoms with E-state index >= 15 is 0 Å². The van der Waals surface area contributed by atoms with E-state index in [-0.39, 0.29) is 11.3 Å². The number of carboxylic acid groups (broad SMARTS) is 1. The molecule has 0 aliphatic carbocycles. The van der Waals surface area contributed by atoms with Crippen molar-refractivity contribution in [2.75, 3.05) is 11.4 Å². The Balaban J connectivity index is 2.26. The number of hydrogen-bond donors (Lipinski definition) is 1. The molecule has 3 rings (SSSR count). The predicted octanol–water partition coefficient (Wildman–Crippen LogP) is 2.42. The van der Waals surface area contributed by atoms with Crippen molar-refractivity contribution in [1.82, 2.24) is 0 Å². The van der Waals surface area contributed by atoms with E-state index in [1.54, 1.807) is 42.5 Å². The summed E-state index contributed by atoms with van der Waals surface area (Å²) in [5.41, 5.74) is 0.818.